The minimum atomic E-state index is -0.178. The predicted molar refractivity (Wildman–Crippen MR) is 113 cm³/mol. The largest absolute Gasteiger partial charge is 0.497 e. The molecule has 0 bridgehead atoms. The summed E-state index contributed by atoms with van der Waals surface area (Å²) >= 11 is 0. The van der Waals surface area contributed by atoms with Crippen molar-refractivity contribution in [3.8, 4) is 16.9 Å². The summed E-state index contributed by atoms with van der Waals surface area (Å²) in [6.45, 7) is 1.53. The van der Waals surface area contributed by atoms with Gasteiger partial charge in [-0.1, -0.05) is 36.4 Å². The molecule has 5 rings (SSSR count). The highest BCUT2D eigenvalue weighted by atomic mass is 16.5. The maximum Gasteiger partial charge on any atom is 0.262 e. The number of fused-ring (bicyclic) bond motifs is 2. The number of anilines is 1. The molecule has 2 aromatic carbocycles. The lowest BCUT2D eigenvalue weighted by molar-refractivity contribution is 0.415. The number of aromatic amines is 1. The summed E-state index contributed by atoms with van der Waals surface area (Å²) in [6, 6.07) is 17.9. The molecule has 2 aromatic heterocycles. The summed E-state index contributed by atoms with van der Waals surface area (Å²) in [5.41, 5.74) is 4.62. The van der Waals surface area contributed by atoms with Gasteiger partial charge in [-0.2, -0.15) is 4.98 Å². The van der Waals surface area contributed by atoms with Crippen LogP contribution in [-0.4, -0.2) is 28.6 Å². The molecule has 144 valence electrons. The number of rotatable bonds is 3. The van der Waals surface area contributed by atoms with E-state index < -0.39 is 0 Å². The number of benzene rings is 2. The van der Waals surface area contributed by atoms with Crippen LogP contribution in [0.2, 0.25) is 0 Å². The zero-order chi connectivity index (χ0) is 19.8. The number of H-pyrrole nitrogens is 1. The highest BCUT2D eigenvalue weighted by Gasteiger charge is 2.20. The van der Waals surface area contributed by atoms with Gasteiger partial charge in [-0.05, 0) is 46.9 Å². The van der Waals surface area contributed by atoms with Crippen LogP contribution in [0.5, 0.6) is 5.75 Å². The molecule has 0 saturated carbocycles. The molecule has 4 aromatic rings. The minimum absolute atomic E-state index is 0.178. The van der Waals surface area contributed by atoms with Crippen LogP contribution >= 0.6 is 0 Å². The van der Waals surface area contributed by atoms with Crippen LogP contribution in [0.3, 0.4) is 0 Å². The third kappa shape index (κ3) is 3.12. The van der Waals surface area contributed by atoms with E-state index in [4.69, 9.17) is 4.74 Å². The Hall–Kier alpha value is -3.67. The lowest BCUT2D eigenvalue weighted by Gasteiger charge is -2.29. The quantitative estimate of drug-likeness (QED) is 0.585. The zero-order valence-electron chi connectivity index (χ0n) is 16.1. The van der Waals surface area contributed by atoms with E-state index in [1.807, 2.05) is 36.4 Å². The number of hydrogen-bond acceptors (Lipinski definition) is 5. The van der Waals surface area contributed by atoms with Gasteiger partial charge in [-0.3, -0.25) is 9.78 Å². The van der Waals surface area contributed by atoms with Crippen LogP contribution in [0.25, 0.3) is 22.2 Å². The first-order chi connectivity index (χ1) is 14.2. The molecule has 1 N–H and O–H groups in total. The molecule has 0 fully saturated rings. The van der Waals surface area contributed by atoms with Gasteiger partial charge in [0.05, 0.1) is 12.5 Å². The monoisotopic (exact) mass is 384 g/mol. The van der Waals surface area contributed by atoms with E-state index in [1.54, 1.807) is 13.3 Å². The van der Waals surface area contributed by atoms with Crippen molar-refractivity contribution < 1.29 is 4.74 Å². The standard InChI is InChI=1S/C23H20N4O2/c1-29-18-8-6-16(7-9-18)19-10-12-24-21-20(19)22(28)26-23(25-21)27-13-11-15-4-2-3-5-17(15)14-27/h2-10,12H,11,13-14H2,1H3,(H,24,25,26,28). The Morgan fingerprint density at radius 2 is 1.83 bits per heavy atom. The predicted octanol–water partition coefficient (Wildman–Crippen LogP) is 3.56. The summed E-state index contributed by atoms with van der Waals surface area (Å²) < 4.78 is 5.23. The molecule has 0 radical (unpaired) electrons. The zero-order valence-corrected chi connectivity index (χ0v) is 16.1. The normalized spacial score (nSPS) is 13.3. The van der Waals surface area contributed by atoms with Gasteiger partial charge in [0.1, 0.15) is 5.75 Å². The first kappa shape index (κ1) is 17.4. The molecule has 1 aliphatic rings. The molecule has 0 saturated heterocycles. The van der Waals surface area contributed by atoms with Crippen LogP contribution in [0.1, 0.15) is 11.1 Å². The smallest absolute Gasteiger partial charge is 0.262 e. The molecular formula is C23H20N4O2. The molecular weight excluding hydrogens is 364 g/mol. The molecule has 0 aliphatic carbocycles. The van der Waals surface area contributed by atoms with Gasteiger partial charge in [0, 0.05) is 19.3 Å². The molecule has 6 nitrogen and oxygen atoms in total. The fraction of sp³-hybridized carbons (Fsp3) is 0.174. The number of pyridine rings is 1. The van der Waals surface area contributed by atoms with Crippen molar-refractivity contribution in [2.45, 2.75) is 13.0 Å². The van der Waals surface area contributed by atoms with E-state index in [-0.39, 0.29) is 5.56 Å². The highest BCUT2D eigenvalue weighted by molar-refractivity contribution is 5.92. The number of methoxy groups -OCH3 is 1. The average Bonchev–Trinajstić information content (AvgIpc) is 2.78. The van der Waals surface area contributed by atoms with Crippen molar-refractivity contribution in [1.29, 1.82) is 0 Å². The lowest BCUT2D eigenvalue weighted by Crippen LogP contribution is -2.33. The maximum atomic E-state index is 13.0. The van der Waals surface area contributed by atoms with E-state index in [0.717, 1.165) is 36.4 Å². The Bertz CT molecular complexity index is 1250. The van der Waals surface area contributed by atoms with Gasteiger partial charge >= 0.3 is 0 Å². The van der Waals surface area contributed by atoms with Crippen molar-refractivity contribution in [1.82, 2.24) is 15.0 Å². The van der Waals surface area contributed by atoms with E-state index in [0.29, 0.717) is 17.0 Å². The van der Waals surface area contributed by atoms with Crippen molar-refractivity contribution in [2.75, 3.05) is 18.6 Å². The summed E-state index contributed by atoms with van der Waals surface area (Å²) in [5, 5.41) is 0.499. The first-order valence-electron chi connectivity index (χ1n) is 9.58. The molecule has 29 heavy (non-hydrogen) atoms. The number of hydrogen-bond donors (Lipinski definition) is 1. The number of nitrogens with zero attached hydrogens (tertiary/aromatic N) is 3. The average molecular weight is 384 g/mol. The Morgan fingerprint density at radius 3 is 2.62 bits per heavy atom. The van der Waals surface area contributed by atoms with Gasteiger partial charge in [0.2, 0.25) is 5.95 Å². The number of nitrogens with one attached hydrogen (secondary N) is 1. The van der Waals surface area contributed by atoms with Crippen LogP contribution < -0.4 is 15.2 Å². The summed E-state index contributed by atoms with van der Waals surface area (Å²) in [6.07, 6.45) is 2.63. The molecule has 3 heterocycles. The summed E-state index contributed by atoms with van der Waals surface area (Å²) in [7, 11) is 1.63. The minimum Gasteiger partial charge on any atom is -0.497 e. The number of ether oxygens (including phenoxy) is 1. The molecule has 0 amide bonds. The van der Waals surface area contributed by atoms with Crippen LogP contribution in [0, 0.1) is 0 Å². The van der Waals surface area contributed by atoms with Crippen LogP contribution in [0.15, 0.2) is 65.6 Å². The van der Waals surface area contributed by atoms with Gasteiger partial charge in [-0.25, -0.2) is 4.98 Å². The maximum absolute atomic E-state index is 13.0. The van der Waals surface area contributed by atoms with Crippen LogP contribution in [-0.2, 0) is 13.0 Å². The highest BCUT2D eigenvalue weighted by Crippen LogP contribution is 2.27. The van der Waals surface area contributed by atoms with Crippen molar-refractivity contribution in [3.05, 3.63) is 82.3 Å². The molecule has 1 aliphatic heterocycles. The summed E-state index contributed by atoms with van der Waals surface area (Å²) in [4.78, 5) is 27.2. The van der Waals surface area contributed by atoms with E-state index in [9.17, 15) is 4.79 Å². The Labute approximate surface area is 167 Å². The fourth-order valence-electron chi connectivity index (χ4n) is 3.89. The first-order valence-corrected chi connectivity index (χ1v) is 9.58. The Morgan fingerprint density at radius 1 is 1.03 bits per heavy atom. The third-order valence-electron chi connectivity index (χ3n) is 5.43. The van der Waals surface area contributed by atoms with E-state index in [2.05, 4.69) is 38.1 Å². The SMILES string of the molecule is COc1ccc(-c2ccnc3nc(N4CCc5ccccc5C4)[nH]c(=O)c23)cc1. The second-order valence-electron chi connectivity index (χ2n) is 7.12. The Kier molecular flexibility index (Phi) is 4.24. The van der Waals surface area contributed by atoms with Gasteiger partial charge in [0.15, 0.2) is 5.65 Å². The third-order valence-corrected chi connectivity index (χ3v) is 5.43. The van der Waals surface area contributed by atoms with Crippen molar-refractivity contribution in [2.24, 2.45) is 0 Å². The lowest BCUT2D eigenvalue weighted by atomic mass is 10.0. The van der Waals surface area contributed by atoms with Crippen molar-refractivity contribution >= 4 is 17.0 Å². The van der Waals surface area contributed by atoms with Crippen molar-refractivity contribution in [3.63, 3.8) is 0 Å². The second-order valence-corrected chi connectivity index (χ2v) is 7.12. The van der Waals surface area contributed by atoms with Gasteiger partial charge in [-0.15, -0.1) is 0 Å². The van der Waals surface area contributed by atoms with E-state index in [1.165, 1.54) is 11.1 Å². The van der Waals surface area contributed by atoms with E-state index >= 15 is 0 Å². The molecule has 0 spiro atoms. The number of aromatic nitrogens is 3. The fourth-order valence-corrected chi connectivity index (χ4v) is 3.89. The van der Waals surface area contributed by atoms with Gasteiger partial charge < -0.3 is 9.64 Å². The molecule has 0 atom stereocenters. The van der Waals surface area contributed by atoms with Crippen LogP contribution in [0.4, 0.5) is 5.95 Å². The van der Waals surface area contributed by atoms with Gasteiger partial charge in [0.25, 0.3) is 5.56 Å². The topological polar surface area (TPSA) is 71.1 Å². The second kappa shape index (κ2) is 7.05. The molecule has 6 heteroatoms. The molecule has 0 unspecified atom stereocenters. The Balaban J connectivity index is 1.57. The summed E-state index contributed by atoms with van der Waals surface area (Å²) in [5.74, 6) is 1.34.